The van der Waals surface area contributed by atoms with Crippen LogP contribution in [0.4, 0.5) is 18.9 Å². The van der Waals surface area contributed by atoms with Gasteiger partial charge in [-0.3, -0.25) is 4.79 Å². The molecule has 0 radical (unpaired) electrons. The SMILES string of the molecule is O=C(Nc1ccc(Cl)c(-c2ccc(CO)o2)c1)C(F)(F)F. The van der Waals surface area contributed by atoms with Gasteiger partial charge in [0, 0.05) is 11.3 Å². The van der Waals surface area contributed by atoms with Gasteiger partial charge in [0.15, 0.2) is 0 Å². The molecule has 2 aromatic rings. The second kappa shape index (κ2) is 5.79. The molecule has 0 unspecified atom stereocenters. The Kier molecular flexibility index (Phi) is 4.24. The summed E-state index contributed by atoms with van der Waals surface area (Å²) >= 11 is 5.95. The van der Waals surface area contributed by atoms with E-state index < -0.39 is 12.1 Å². The van der Waals surface area contributed by atoms with Crippen LogP contribution in [-0.4, -0.2) is 17.2 Å². The molecule has 21 heavy (non-hydrogen) atoms. The summed E-state index contributed by atoms with van der Waals surface area (Å²) in [5.41, 5.74) is 0.231. The summed E-state index contributed by atoms with van der Waals surface area (Å²) in [6, 6.07) is 6.86. The molecule has 0 aliphatic heterocycles. The maximum atomic E-state index is 12.2. The van der Waals surface area contributed by atoms with Crippen LogP contribution in [0.1, 0.15) is 5.76 Å². The van der Waals surface area contributed by atoms with E-state index in [1.807, 2.05) is 0 Å². The van der Waals surface area contributed by atoms with Crippen LogP contribution in [0.25, 0.3) is 11.3 Å². The van der Waals surface area contributed by atoms with E-state index in [-0.39, 0.29) is 28.8 Å². The van der Waals surface area contributed by atoms with Crippen LogP contribution in [0.3, 0.4) is 0 Å². The number of nitrogens with one attached hydrogen (secondary N) is 1. The minimum Gasteiger partial charge on any atom is -0.459 e. The Labute approximate surface area is 122 Å². The molecule has 0 bridgehead atoms. The number of halogens is 4. The lowest BCUT2D eigenvalue weighted by Gasteiger charge is -2.09. The fraction of sp³-hybridized carbons (Fsp3) is 0.154. The lowest BCUT2D eigenvalue weighted by Crippen LogP contribution is -2.29. The predicted molar refractivity (Wildman–Crippen MR) is 69.8 cm³/mol. The minimum atomic E-state index is -4.98. The van der Waals surface area contributed by atoms with Crippen LogP contribution < -0.4 is 5.32 Å². The Morgan fingerprint density at radius 3 is 2.57 bits per heavy atom. The number of aliphatic hydroxyl groups is 1. The minimum absolute atomic E-state index is 0.0707. The summed E-state index contributed by atoms with van der Waals surface area (Å²) in [7, 11) is 0. The van der Waals surface area contributed by atoms with Gasteiger partial charge in [0.05, 0.1) is 5.02 Å². The summed E-state index contributed by atoms with van der Waals surface area (Å²) in [5, 5.41) is 10.9. The average molecular weight is 320 g/mol. The van der Waals surface area contributed by atoms with Gasteiger partial charge >= 0.3 is 12.1 Å². The van der Waals surface area contributed by atoms with E-state index in [1.54, 1.807) is 5.32 Å². The molecule has 4 nitrogen and oxygen atoms in total. The van der Waals surface area contributed by atoms with Crippen LogP contribution in [0.5, 0.6) is 0 Å². The number of carbonyl (C=O) groups is 1. The lowest BCUT2D eigenvalue weighted by molar-refractivity contribution is -0.167. The Morgan fingerprint density at radius 1 is 1.29 bits per heavy atom. The molecule has 8 heteroatoms. The highest BCUT2D eigenvalue weighted by Gasteiger charge is 2.38. The molecule has 2 rings (SSSR count). The Hall–Kier alpha value is -1.99. The Bertz CT molecular complexity index is 667. The first kappa shape index (κ1) is 15.4. The number of aliphatic hydroxyl groups excluding tert-OH is 1. The molecule has 112 valence electrons. The van der Waals surface area contributed by atoms with Crippen molar-refractivity contribution in [3.05, 3.63) is 41.1 Å². The predicted octanol–water partition coefficient (Wildman–Crippen LogP) is 3.59. The number of anilines is 1. The molecule has 0 aliphatic carbocycles. The van der Waals surface area contributed by atoms with Crippen molar-refractivity contribution < 1.29 is 27.5 Å². The summed E-state index contributed by atoms with van der Waals surface area (Å²) in [4.78, 5) is 10.9. The number of amides is 1. The number of benzene rings is 1. The van der Waals surface area contributed by atoms with E-state index in [0.717, 1.165) is 0 Å². The van der Waals surface area contributed by atoms with Gasteiger partial charge in [-0.15, -0.1) is 0 Å². The zero-order valence-electron chi connectivity index (χ0n) is 10.4. The van der Waals surface area contributed by atoms with Crippen LogP contribution >= 0.6 is 11.6 Å². The number of furan rings is 1. The standard InChI is InChI=1S/C13H9ClF3NO3/c14-10-3-1-7(18-12(20)13(15,16)17)5-9(10)11-4-2-8(6-19)21-11/h1-5,19H,6H2,(H,18,20). The molecular formula is C13H9ClF3NO3. The van der Waals surface area contributed by atoms with Gasteiger partial charge in [-0.1, -0.05) is 11.6 Å². The smallest absolute Gasteiger partial charge is 0.459 e. The zero-order chi connectivity index (χ0) is 15.6. The van der Waals surface area contributed by atoms with Crippen molar-refractivity contribution in [2.75, 3.05) is 5.32 Å². The Balaban J connectivity index is 2.31. The highest BCUT2D eigenvalue weighted by molar-refractivity contribution is 6.33. The van der Waals surface area contributed by atoms with E-state index in [9.17, 15) is 18.0 Å². The van der Waals surface area contributed by atoms with Gasteiger partial charge in [0.25, 0.3) is 0 Å². The van der Waals surface area contributed by atoms with E-state index in [0.29, 0.717) is 5.56 Å². The quantitative estimate of drug-likeness (QED) is 0.908. The number of rotatable bonds is 3. The Morgan fingerprint density at radius 2 is 2.00 bits per heavy atom. The van der Waals surface area contributed by atoms with E-state index in [1.165, 1.54) is 30.3 Å². The normalized spacial score (nSPS) is 11.5. The molecular weight excluding hydrogens is 311 g/mol. The van der Waals surface area contributed by atoms with Gasteiger partial charge in [-0.05, 0) is 30.3 Å². The fourth-order valence-corrected chi connectivity index (χ4v) is 1.81. The molecule has 0 fully saturated rings. The maximum absolute atomic E-state index is 12.2. The monoisotopic (exact) mass is 319 g/mol. The topological polar surface area (TPSA) is 62.5 Å². The maximum Gasteiger partial charge on any atom is 0.471 e. The number of hydrogen-bond acceptors (Lipinski definition) is 3. The van der Waals surface area contributed by atoms with E-state index >= 15 is 0 Å². The molecule has 0 spiro atoms. The molecule has 0 aliphatic rings. The van der Waals surface area contributed by atoms with Crippen LogP contribution in [0.2, 0.25) is 5.02 Å². The largest absolute Gasteiger partial charge is 0.471 e. The number of hydrogen-bond donors (Lipinski definition) is 2. The molecule has 1 aromatic heterocycles. The molecule has 0 saturated heterocycles. The van der Waals surface area contributed by atoms with Crippen molar-refractivity contribution in [1.29, 1.82) is 0 Å². The van der Waals surface area contributed by atoms with Crippen LogP contribution in [0.15, 0.2) is 34.7 Å². The second-order valence-electron chi connectivity index (χ2n) is 4.07. The highest BCUT2D eigenvalue weighted by Crippen LogP contribution is 2.32. The van der Waals surface area contributed by atoms with Crippen LogP contribution in [-0.2, 0) is 11.4 Å². The van der Waals surface area contributed by atoms with E-state index in [4.69, 9.17) is 21.1 Å². The third-order valence-corrected chi connectivity index (χ3v) is 2.89. The van der Waals surface area contributed by atoms with Crippen molar-refractivity contribution in [2.45, 2.75) is 12.8 Å². The molecule has 0 saturated carbocycles. The summed E-state index contributed by atoms with van der Waals surface area (Å²) < 4.78 is 41.9. The van der Waals surface area contributed by atoms with Crippen molar-refractivity contribution in [3.63, 3.8) is 0 Å². The molecule has 1 aromatic carbocycles. The number of carbonyl (C=O) groups excluding carboxylic acids is 1. The zero-order valence-corrected chi connectivity index (χ0v) is 11.1. The molecule has 1 amide bonds. The average Bonchev–Trinajstić information content (AvgIpc) is 2.88. The summed E-state index contributed by atoms with van der Waals surface area (Å²) in [5.74, 6) is -1.52. The third-order valence-electron chi connectivity index (χ3n) is 2.56. The highest BCUT2D eigenvalue weighted by atomic mass is 35.5. The second-order valence-corrected chi connectivity index (χ2v) is 4.48. The molecule has 0 atom stereocenters. The first-order chi connectivity index (χ1) is 9.81. The van der Waals surface area contributed by atoms with Crippen molar-refractivity contribution >= 4 is 23.2 Å². The fourth-order valence-electron chi connectivity index (χ4n) is 1.60. The third kappa shape index (κ3) is 3.56. The van der Waals surface area contributed by atoms with Gasteiger partial charge in [0.2, 0.25) is 0 Å². The van der Waals surface area contributed by atoms with Gasteiger partial charge in [-0.2, -0.15) is 13.2 Å². The van der Waals surface area contributed by atoms with Gasteiger partial charge in [-0.25, -0.2) is 0 Å². The first-order valence-corrected chi connectivity index (χ1v) is 6.06. The molecule has 1 heterocycles. The number of alkyl halides is 3. The van der Waals surface area contributed by atoms with Crippen LogP contribution in [0, 0.1) is 0 Å². The van der Waals surface area contributed by atoms with Gasteiger partial charge in [0.1, 0.15) is 18.1 Å². The van der Waals surface area contributed by atoms with E-state index in [2.05, 4.69) is 0 Å². The van der Waals surface area contributed by atoms with Crippen molar-refractivity contribution in [2.24, 2.45) is 0 Å². The van der Waals surface area contributed by atoms with Crippen molar-refractivity contribution in [1.82, 2.24) is 0 Å². The van der Waals surface area contributed by atoms with Gasteiger partial charge < -0.3 is 14.8 Å². The lowest BCUT2D eigenvalue weighted by atomic mass is 10.1. The van der Waals surface area contributed by atoms with Crippen molar-refractivity contribution in [3.8, 4) is 11.3 Å². The first-order valence-electron chi connectivity index (χ1n) is 5.69. The summed E-state index contributed by atoms with van der Waals surface area (Å²) in [6.45, 7) is -0.317. The summed E-state index contributed by atoms with van der Waals surface area (Å²) in [6.07, 6.45) is -4.98. The molecule has 2 N–H and O–H groups in total.